The van der Waals surface area contributed by atoms with E-state index in [0.717, 1.165) is 99.6 Å². The number of para-hydroxylation sites is 4. The number of benzene rings is 20. The zero-order chi connectivity index (χ0) is 89.1. The van der Waals surface area contributed by atoms with E-state index < -0.39 is 10.8 Å². The Kier molecular flexibility index (Phi) is 19.4. The van der Waals surface area contributed by atoms with Crippen molar-refractivity contribution < 1.29 is 8.83 Å². The van der Waals surface area contributed by atoms with Crippen LogP contribution in [0.1, 0.15) is 94.5 Å². The van der Waals surface area contributed by atoms with Crippen LogP contribution in [0.5, 0.6) is 0 Å². The first-order valence-electron chi connectivity index (χ1n) is 46.0. The van der Waals surface area contributed by atoms with E-state index in [1.807, 2.05) is 30.3 Å². The quantitative estimate of drug-likeness (QED) is 0.125. The zero-order valence-electron chi connectivity index (χ0n) is 74.2. The van der Waals surface area contributed by atoms with E-state index in [2.05, 4.69) is 481 Å². The molecule has 5 heteroatoms. The highest BCUT2D eigenvalue weighted by molar-refractivity contribution is 6.31. The number of nitrogens with one attached hydrogen (secondary N) is 1. The molecule has 2 atom stereocenters. The molecule has 0 saturated heterocycles. The highest BCUT2D eigenvalue weighted by atomic mass is 35.5. The van der Waals surface area contributed by atoms with Gasteiger partial charge in [0.2, 0.25) is 0 Å². The van der Waals surface area contributed by atoms with Crippen LogP contribution >= 0.6 is 11.6 Å². The molecule has 4 aliphatic rings. The van der Waals surface area contributed by atoms with Crippen molar-refractivity contribution in [2.24, 2.45) is 0 Å². The van der Waals surface area contributed by atoms with Crippen molar-refractivity contribution in [3.8, 4) is 89.0 Å². The van der Waals surface area contributed by atoms with Crippen molar-refractivity contribution in [3.05, 3.63) is 545 Å². The summed E-state index contributed by atoms with van der Waals surface area (Å²) in [5.41, 5.74) is 43.2. The number of furan rings is 2. The molecule has 26 rings (SSSR count). The van der Waals surface area contributed by atoms with Gasteiger partial charge in [0.1, 0.15) is 22.3 Å². The third-order valence-corrected chi connectivity index (χ3v) is 28.9. The predicted molar refractivity (Wildman–Crippen MR) is 555 cm³/mol. The molecule has 632 valence electrons. The SMILES string of the molecule is CC1(C)c2ccccc2-c2ccc(N(c3ccc(-c4ccccc4)cc3)c3ccc4c(c3)C(c3ccccc3)(c3ccc(-c5cccc6c5oc5ccccc56)cc3)c3ccccc3-4)cc21.CC1(C)c2ccccc2-c2ccc(Nc3ccc(-c4ccccc4)cc3)cc21.Clc1ccc2c(c1)C(c1ccccc1)(c1ccc(-c3cccc4c3oc3ccccc34)cc1)c1ccccc1-2. The molecule has 22 aromatic rings. The van der Waals surface area contributed by atoms with Crippen molar-refractivity contribution in [3.63, 3.8) is 0 Å². The van der Waals surface area contributed by atoms with Gasteiger partial charge in [-0.15, -0.1) is 0 Å². The van der Waals surface area contributed by atoms with Crippen LogP contribution in [0.3, 0.4) is 0 Å². The summed E-state index contributed by atoms with van der Waals surface area (Å²) in [5.74, 6) is 0. The summed E-state index contributed by atoms with van der Waals surface area (Å²) in [4.78, 5) is 2.46. The molecular formula is C128H91ClN2O2. The number of hydrogen-bond donors (Lipinski definition) is 1. The number of nitrogens with zero attached hydrogens (tertiary/aromatic N) is 1. The maximum absolute atomic E-state index is 6.65. The number of halogens is 1. The van der Waals surface area contributed by atoms with Crippen LogP contribution in [0, 0.1) is 0 Å². The normalized spacial score (nSPS) is 15.1. The summed E-state index contributed by atoms with van der Waals surface area (Å²) in [6, 6.07) is 171. The van der Waals surface area contributed by atoms with E-state index in [1.54, 1.807) is 0 Å². The molecule has 20 aromatic carbocycles. The molecule has 0 aliphatic heterocycles. The van der Waals surface area contributed by atoms with Gasteiger partial charge in [0.05, 0.1) is 10.8 Å². The van der Waals surface area contributed by atoms with Gasteiger partial charge in [0.25, 0.3) is 0 Å². The first kappa shape index (κ1) is 80.2. The number of rotatable bonds is 13. The van der Waals surface area contributed by atoms with E-state index in [-0.39, 0.29) is 10.8 Å². The molecule has 1 N–H and O–H groups in total. The monoisotopic (exact) mass is 1720 g/mol. The standard InChI is InChI=1S/C64H45NO.C37H23ClO.C27H23N/c1-63(2)57-25-12-9-20-51(57)53-38-36-48(40-59(53)63)65(47-34-30-43(31-35-47)42-16-5-3-6-17-42)49-37-39-54-52-21-10-13-26-58(52)64(60(54)41-49,45-18-7-4-8-19-45)46-32-28-44(29-33-46)50-23-15-24-56-55-22-11-14-27-61(55)66-62(50)56;38-27-21-22-30-29-11-4-6-15-33(29)37(34(30)23-27,25-9-2-1-3-10-25)26-19-17-24(18-20-26)28-13-8-14-32-31-12-5-7-16-35(31)39-36(28)32;1-27(2)25-11-7-6-10-23(25)24-17-16-22(18-26(24)27)28-21-14-12-20(13-15-21)19-8-4-3-5-9-19/h3-41H,1-2H3;1-23H;3-18,28H,1-2H3. The molecule has 0 amide bonds. The fraction of sp³-hybridized carbons (Fsp3) is 0.0625. The van der Waals surface area contributed by atoms with Crippen molar-refractivity contribution in [2.75, 3.05) is 10.2 Å². The van der Waals surface area contributed by atoms with Gasteiger partial charge in [-0.05, 0) is 230 Å². The average molecular weight is 1720 g/mol. The van der Waals surface area contributed by atoms with E-state index >= 15 is 0 Å². The maximum Gasteiger partial charge on any atom is 0.143 e. The van der Waals surface area contributed by atoms with Crippen LogP contribution in [0.25, 0.3) is 133 Å². The van der Waals surface area contributed by atoms with Crippen molar-refractivity contribution in [1.82, 2.24) is 0 Å². The summed E-state index contributed by atoms with van der Waals surface area (Å²) in [6.07, 6.45) is 0. The highest BCUT2D eigenvalue weighted by Crippen LogP contribution is 2.61. The van der Waals surface area contributed by atoms with Crippen molar-refractivity contribution >= 4 is 83.9 Å². The molecule has 0 fully saturated rings. The van der Waals surface area contributed by atoms with Crippen LogP contribution in [0.2, 0.25) is 5.02 Å². The van der Waals surface area contributed by atoms with Crippen LogP contribution in [-0.4, -0.2) is 0 Å². The summed E-state index contributed by atoms with van der Waals surface area (Å²) < 4.78 is 12.9. The third kappa shape index (κ3) is 13.2. The molecule has 0 radical (unpaired) electrons. The summed E-state index contributed by atoms with van der Waals surface area (Å²) in [7, 11) is 0. The minimum absolute atomic E-state index is 0.0286. The van der Waals surface area contributed by atoms with Gasteiger partial charge >= 0.3 is 0 Å². The molecule has 2 aromatic heterocycles. The third-order valence-electron chi connectivity index (χ3n) is 28.7. The molecule has 133 heavy (non-hydrogen) atoms. The molecule has 0 saturated carbocycles. The second-order valence-corrected chi connectivity index (χ2v) is 37.0. The Bertz CT molecular complexity index is 8260. The molecule has 2 heterocycles. The molecule has 0 spiro atoms. The lowest BCUT2D eigenvalue weighted by atomic mass is 9.67. The number of anilines is 5. The summed E-state index contributed by atoms with van der Waals surface area (Å²) in [6.45, 7) is 9.36. The van der Waals surface area contributed by atoms with E-state index in [4.69, 9.17) is 20.4 Å². The largest absolute Gasteiger partial charge is 0.455 e. The van der Waals surface area contributed by atoms with Gasteiger partial charge in [-0.25, -0.2) is 0 Å². The fourth-order valence-electron chi connectivity index (χ4n) is 22.4. The minimum Gasteiger partial charge on any atom is -0.455 e. The topological polar surface area (TPSA) is 41.6 Å². The van der Waals surface area contributed by atoms with Gasteiger partial charge in [-0.1, -0.05) is 428 Å². The van der Waals surface area contributed by atoms with Gasteiger partial charge in [-0.3, -0.25) is 0 Å². The van der Waals surface area contributed by atoms with Gasteiger partial charge < -0.3 is 19.1 Å². The molecule has 4 aliphatic carbocycles. The summed E-state index contributed by atoms with van der Waals surface area (Å²) >= 11 is 6.65. The van der Waals surface area contributed by atoms with Gasteiger partial charge in [0, 0.05) is 77.0 Å². The molecule has 2 unspecified atom stereocenters. The maximum atomic E-state index is 6.65. The summed E-state index contributed by atoms with van der Waals surface area (Å²) in [5, 5.41) is 8.88. The van der Waals surface area contributed by atoms with E-state index in [0.29, 0.717) is 0 Å². The smallest absolute Gasteiger partial charge is 0.143 e. The lowest BCUT2D eigenvalue weighted by Crippen LogP contribution is -2.28. The molecule has 0 bridgehead atoms. The second kappa shape index (κ2) is 32.2. The Morgan fingerprint density at radius 2 is 0.519 bits per heavy atom. The van der Waals surface area contributed by atoms with E-state index in [1.165, 1.54) is 134 Å². The Labute approximate surface area is 780 Å². The van der Waals surface area contributed by atoms with Crippen molar-refractivity contribution in [1.29, 1.82) is 0 Å². The van der Waals surface area contributed by atoms with Gasteiger partial charge in [-0.2, -0.15) is 0 Å². The molecule has 4 nitrogen and oxygen atoms in total. The van der Waals surface area contributed by atoms with Gasteiger partial charge in [0.15, 0.2) is 0 Å². The zero-order valence-corrected chi connectivity index (χ0v) is 74.9. The predicted octanol–water partition coefficient (Wildman–Crippen LogP) is 34.7. The Hall–Kier alpha value is -16.1. The first-order valence-corrected chi connectivity index (χ1v) is 46.4. The van der Waals surface area contributed by atoms with Crippen LogP contribution in [0.15, 0.2) is 482 Å². The van der Waals surface area contributed by atoms with Crippen molar-refractivity contribution in [2.45, 2.75) is 49.4 Å². The first-order chi connectivity index (χ1) is 65.4. The fourth-order valence-corrected chi connectivity index (χ4v) is 22.6. The average Bonchev–Trinajstić information content (AvgIpc) is 1.54. The Balaban J connectivity index is 0.000000122. The van der Waals surface area contributed by atoms with Crippen LogP contribution in [0.4, 0.5) is 28.4 Å². The van der Waals surface area contributed by atoms with Crippen LogP contribution < -0.4 is 10.2 Å². The Morgan fingerprint density at radius 3 is 0.992 bits per heavy atom. The van der Waals surface area contributed by atoms with Crippen LogP contribution in [-0.2, 0) is 21.7 Å². The lowest BCUT2D eigenvalue weighted by Gasteiger charge is -2.35. The number of hydrogen-bond acceptors (Lipinski definition) is 4. The molecular weight excluding hydrogens is 1630 g/mol. The Morgan fingerprint density at radius 1 is 0.211 bits per heavy atom. The minimum atomic E-state index is -0.600. The second-order valence-electron chi connectivity index (χ2n) is 36.6. The number of fused-ring (bicyclic) bond motifs is 18. The van der Waals surface area contributed by atoms with E-state index in [9.17, 15) is 0 Å². The highest BCUT2D eigenvalue weighted by Gasteiger charge is 2.49. The lowest BCUT2D eigenvalue weighted by molar-refractivity contribution is 0.660.